The first kappa shape index (κ1) is 18.5. The molecule has 3 aromatic rings. The van der Waals surface area contributed by atoms with Crippen LogP contribution in [0.5, 0.6) is 5.75 Å². The highest BCUT2D eigenvalue weighted by molar-refractivity contribution is 7.89. The molecular weight excluding hydrogens is 372 g/mol. The van der Waals surface area contributed by atoms with Gasteiger partial charge in [-0.15, -0.1) is 0 Å². The SMILES string of the molecule is COc1ccc(CN2[C@H](c3ccccc3C)Nc3ccccc3S2(=O)=O)cc1. The number of rotatable bonds is 4. The Morgan fingerprint density at radius 1 is 0.964 bits per heavy atom. The molecule has 0 aromatic heterocycles. The van der Waals surface area contributed by atoms with Crippen LogP contribution >= 0.6 is 0 Å². The van der Waals surface area contributed by atoms with Crippen molar-refractivity contribution >= 4 is 15.7 Å². The van der Waals surface area contributed by atoms with E-state index in [2.05, 4.69) is 5.32 Å². The molecule has 1 heterocycles. The van der Waals surface area contributed by atoms with E-state index in [9.17, 15) is 8.42 Å². The quantitative estimate of drug-likeness (QED) is 0.716. The number of anilines is 1. The van der Waals surface area contributed by atoms with Crippen LogP contribution in [0, 0.1) is 6.92 Å². The number of hydrogen-bond acceptors (Lipinski definition) is 4. The summed E-state index contributed by atoms with van der Waals surface area (Å²) in [6, 6.07) is 22.4. The highest BCUT2D eigenvalue weighted by atomic mass is 32.2. The minimum Gasteiger partial charge on any atom is -0.497 e. The molecule has 0 saturated heterocycles. The Morgan fingerprint density at radius 2 is 1.64 bits per heavy atom. The fourth-order valence-corrected chi connectivity index (χ4v) is 5.18. The van der Waals surface area contributed by atoms with Gasteiger partial charge in [0.05, 0.1) is 12.8 Å². The molecule has 6 heteroatoms. The van der Waals surface area contributed by atoms with Crippen molar-refractivity contribution in [3.05, 3.63) is 89.5 Å². The number of benzene rings is 3. The van der Waals surface area contributed by atoms with Crippen LogP contribution in [0.25, 0.3) is 0 Å². The van der Waals surface area contributed by atoms with E-state index in [1.165, 1.54) is 4.31 Å². The normalized spacial score (nSPS) is 18.1. The molecule has 1 atom stereocenters. The number of ether oxygens (including phenoxy) is 1. The fraction of sp³-hybridized carbons (Fsp3) is 0.182. The average molecular weight is 394 g/mol. The van der Waals surface area contributed by atoms with Crippen LogP contribution in [0.2, 0.25) is 0 Å². The van der Waals surface area contributed by atoms with Gasteiger partial charge in [-0.2, -0.15) is 4.31 Å². The summed E-state index contributed by atoms with van der Waals surface area (Å²) in [7, 11) is -2.06. The van der Waals surface area contributed by atoms with E-state index in [1.807, 2.05) is 67.6 Å². The van der Waals surface area contributed by atoms with E-state index in [1.54, 1.807) is 19.2 Å². The fourth-order valence-electron chi connectivity index (χ4n) is 3.51. The summed E-state index contributed by atoms with van der Waals surface area (Å²) >= 11 is 0. The second kappa shape index (κ2) is 7.30. The van der Waals surface area contributed by atoms with Crippen molar-refractivity contribution in [1.82, 2.24) is 4.31 Å². The van der Waals surface area contributed by atoms with Gasteiger partial charge in [0.2, 0.25) is 10.0 Å². The predicted molar refractivity (Wildman–Crippen MR) is 110 cm³/mol. The largest absolute Gasteiger partial charge is 0.497 e. The van der Waals surface area contributed by atoms with E-state index in [0.29, 0.717) is 10.6 Å². The van der Waals surface area contributed by atoms with Gasteiger partial charge in [0.25, 0.3) is 0 Å². The minimum atomic E-state index is -3.67. The summed E-state index contributed by atoms with van der Waals surface area (Å²) in [6.07, 6.45) is -0.483. The van der Waals surface area contributed by atoms with Crippen LogP contribution in [-0.2, 0) is 16.6 Å². The lowest BCUT2D eigenvalue weighted by atomic mass is 10.1. The zero-order valence-corrected chi connectivity index (χ0v) is 16.6. The van der Waals surface area contributed by atoms with Gasteiger partial charge in [-0.05, 0) is 47.9 Å². The lowest BCUT2D eigenvalue weighted by Crippen LogP contribution is -2.42. The second-order valence-electron chi connectivity index (χ2n) is 6.80. The average Bonchev–Trinajstić information content (AvgIpc) is 2.71. The molecule has 1 N–H and O–H groups in total. The monoisotopic (exact) mass is 394 g/mol. The summed E-state index contributed by atoms with van der Waals surface area (Å²) in [5, 5.41) is 3.42. The summed E-state index contributed by atoms with van der Waals surface area (Å²) in [4.78, 5) is 0.299. The molecule has 0 unspecified atom stereocenters. The molecular formula is C22H22N2O3S. The number of nitrogens with zero attached hydrogens (tertiary/aromatic N) is 1. The van der Waals surface area contributed by atoms with Gasteiger partial charge in [0.15, 0.2) is 0 Å². The van der Waals surface area contributed by atoms with Gasteiger partial charge in [0, 0.05) is 6.54 Å². The van der Waals surface area contributed by atoms with Crippen LogP contribution in [0.15, 0.2) is 77.7 Å². The molecule has 0 spiro atoms. The number of hydrogen-bond donors (Lipinski definition) is 1. The Balaban J connectivity index is 1.81. The van der Waals surface area contributed by atoms with Gasteiger partial charge in [0.1, 0.15) is 16.8 Å². The zero-order valence-electron chi connectivity index (χ0n) is 15.8. The number of aryl methyl sites for hydroxylation is 1. The molecule has 0 aliphatic carbocycles. The highest BCUT2D eigenvalue weighted by Gasteiger charge is 2.39. The molecule has 28 heavy (non-hydrogen) atoms. The van der Waals surface area contributed by atoms with Gasteiger partial charge in [-0.3, -0.25) is 0 Å². The number of para-hydroxylation sites is 1. The summed E-state index contributed by atoms with van der Waals surface area (Å²) < 4.78 is 33.7. The van der Waals surface area contributed by atoms with E-state index in [-0.39, 0.29) is 6.54 Å². The van der Waals surface area contributed by atoms with E-state index >= 15 is 0 Å². The van der Waals surface area contributed by atoms with Crippen molar-refractivity contribution in [2.45, 2.75) is 24.5 Å². The lowest BCUT2D eigenvalue weighted by Gasteiger charge is -2.38. The van der Waals surface area contributed by atoms with Crippen molar-refractivity contribution in [3.63, 3.8) is 0 Å². The Bertz CT molecular complexity index is 1090. The molecule has 0 saturated carbocycles. The van der Waals surface area contributed by atoms with Crippen molar-refractivity contribution in [1.29, 1.82) is 0 Å². The molecule has 1 aliphatic rings. The Labute approximate surface area is 165 Å². The van der Waals surface area contributed by atoms with Gasteiger partial charge in [-0.25, -0.2) is 8.42 Å². The summed E-state index contributed by atoms with van der Waals surface area (Å²) in [5.74, 6) is 0.740. The van der Waals surface area contributed by atoms with Crippen molar-refractivity contribution in [3.8, 4) is 5.75 Å². The molecule has 4 rings (SSSR count). The van der Waals surface area contributed by atoms with Crippen LogP contribution in [-0.4, -0.2) is 19.8 Å². The van der Waals surface area contributed by atoms with Crippen LogP contribution in [0.1, 0.15) is 22.9 Å². The first-order valence-corrected chi connectivity index (χ1v) is 10.5. The molecule has 0 amide bonds. The van der Waals surface area contributed by atoms with Crippen molar-refractivity contribution < 1.29 is 13.2 Å². The van der Waals surface area contributed by atoms with Gasteiger partial charge >= 0.3 is 0 Å². The summed E-state index contributed by atoms with van der Waals surface area (Å²) in [5.41, 5.74) is 3.49. The highest BCUT2D eigenvalue weighted by Crippen LogP contribution is 2.39. The topological polar surface area (TPSA) is 58.6 Å². The standard InChI is InChI=1S/C22H22N2O3S/c1-16-7-3-4-8-19(16)22-23-20-9-5-6-10-21(20)28(25,26)24(22)15-17-11-13-18(27-2)14-12-17/h3-14,22-23H,15H2,1-2H3/t22-/m1/s1. The van der Waals surface area contributed by atoms with Crippen molar-refractivity contribution in [2.75, 3.05) is 12.4 Å². The van der Waals surface area contributed by atoms with Gasteiger partial charge < -0.3 is 10.1 Å². The maximum Gasteiger partial charge on any atom is 0.247 e. The van der Waals surface area contributed by atoms with Crippen molar-refractivity contribution in [2.24, 2.45) is 0 Å². The molecule has 3 aromatic carbocycles. The second-order valence-corrected chi connectivity index (χ2v) is 8.66. The third kappa shape index (κ3) is 3.25. The molecule has 1 aliphatic heterocycles. The van der Waals surface area contributed by atoms with Gasteiger partial charge in [-0.1, -0.05) is 48.5 Å². The Kier molecular flexibility index (Phi) is 4.83. The molecule has 5 nitrogen and oxygen atoms in total. The Morgan fingerprint density at radius 3 is 2.36 bits per heavy atom. The Hall–Kier alpha value is -2.83. The number of nitrogens with one attached hydrogen (secondary N) is 1. The first-order chi connectivity index (χ1) is 13.5. The molecule has 0 fully saturated rings. The number of fused-ring (bicyclic) bond motifs is 1. The maximum atomic E-state index is 13.5. The van der Waals surface area contributed by atoms with E-state index < -0.39 is 16.2 Å². The van der Waals surface area contributed by atoms with Crippen LogP contribution in [0.3, 0.4) is 0 Å². The van der Waals surface area contributed by atoms with Crippen LogP contribution in [0.4, 0.5) is 5.69 Å². The first-order valence-electron chi connectivity index (χ1n) is 9.06. The summed E-state index contributed by atoms with van der Waals surface area (Å²) in [6.45, 7) is 2.25. The third-order valence-corrected chi connectivity index (χ3v) is 6.90. The smallest absolute Gasteiger partial charge is 0.247 e. The third-order valence-electron chi connectivity index (χ3n) is 5.03. The van der Waals surface area contributed by atoms with E-state index in [4.69, 9.17) is 4.74 Å². The number of sulfonamides is 1. The maximum absolute atomic E-state index is 13.5. The number of methoxy groups -OCH3 is 1. The molecule has 144 valence electrons. The lowest BCUT2D eigenvalue weighted by molar-refractivity contribution is 0.335. The zero-order chi connectivity index (χ0) is 19.7. The van der Waals surface area contributed by atoms with Crippen LogP contribution < -0.4 is 10.1 Å². The van der Waals surface area contributed by atoms with E-state index in [0.717, 1.165) is 22.4 Å². The predicted octanol–water partition coefficient (Wildman–Crippen LogP) is 4.32. The molecule has 0 radical (unpaired) electrons. The molecule has 0 bridgehead atoms. The minimum absolute atomic E-state index is 0.257.